The molecule has 2 heteroatoms. The molecule has 0 amide bonds. The second-order valence-electron chi connectivity index (χ2n) is 12.6. The summed E-state index contributed by atoms with van der Waals surface area (Å²) in [6, 6.07) is 30.9. The molecule has 0 atom stereocenters. The van der Waals surface area contributed by atoms with Gasteiger partial charge in [-0.2, -0.15) is 10.2 Å². The summed E-state index contributed by atoms with van der Waals surface area (Å²) in [5, 5.41) is 9.80. The van der Waals surface area contributed by atoms with Gasteiger partial charge in [-0.3, -0.25) is 0 Å². The van der Waals surface area contributed by atoms with Crippen LogP contribution in [0.25, 0.3) is 28.3 Å². The molecule has 0 aliphatic heterocycles. The highest BCUT2D eigenvalue weighted by molar-refractivity contribution is 5.88. The van der Waals surface area contributed by atoms with Gasteiger partial charge in [0.15, 0.2) is 0 Å². The molecular weight excluding hydrogens is 556 g/mol. The van der Waals surface area contributed by atoms with Gasteiger partial charge in [-0.25, -0.2) is 0 Å². The lowest BCUT2D eigenvalue weighted by Crippen LogP contribution is -2.02. The van der Waals surface area contributed by atoms with Gasteiger partial charge in [0, 0.05) is 0 Å². The zero-order valence-electron chi connectivity index (χ0n) is 29.2. The Bertz CT molecular complexity index is 1550. The summed E-state index contributed by atoms with van der Waals surface area (Å²) in [4.78, 5) is 0. The van der Waals surface area contributed by atoms with Crippen LogP contribution in [-0.2, 0) is 25.7 Å². The van der Waals surface area contributed by atoms with E-state index in [1.807, 2.05) is 0 Å². The highest BCUT2D eigenvalue weighted by Crippen LogP contribution is 2.39. The zero-order valence-corrected chi connectivity index (χ0v) is 29.2. The Morgan fingerprint density at radius 1 is 0.587 bits per heavy atom. The molecule has 2 nitrogen and oxygen atoms in total. The Labute approximate surface area is 280 Å². The van der Waals surface area contributed by atoms with Crippen LogP contribution in [0.4, 0.5) is 5.69 Å². The number of allylic oxidation sites excluding steroid dienone is 1. The average molecular weight is 613 g/mol. The zero-order chi connectivity index (χ0) is 32.6. The van der Waals surface area contributed by atoms with E-state index in [-0.39, 0.29) is 0 Å². The van der Waals surface area contributed by atoms with E-state index in [9.17, 15) is 0 Å². The van der Waals surface area contributed by atoms with E-state index in [2.05, 4.69) is 126 Å². The van der Waals surface area contributed by atoms with E-state index in [1.54, 1.807) is 11.1 Å². The predicted octanol–water partition coefficient (Wildman–Crippen LogP) is 13.9. The lowest BCUT2D eigenvalue weighted by Gasteiger charge is -2.17. The van der Waals surface area contributed by atoms with Gasteiger partial charge in [-0.15, -0.1) is 0 Å². The normalized spacial score (nSPS) is 11.9. The van der Waals surface area contributed by atoms with Crippen LogP contribution in [-0.4, -0.2) is 0 Å². The first-order valence-electron chi connectivity index (χ1n) is 18.2. The van der Waals surface area contributed by atoms with Gasteiger partial charge in [0.05, 0.1) is 11.4 Å². The van der Waals surface area contributed by atoms with Crippen molar-refractivity contribution < 1.29 is 0 Å². The molecule has 4 aromatic rings. The fraction of sp³-hybridized carbons (Fsp3) is 0.409. The number of unbranched alkanes of at least 4 members (excludes halogenated alkanes) is 5. The molecule has 0 heterocycles. The number of hydrogen-bond acceptors (Lipinski definition) is 2. The third kappa shape index (κ3) is 9.86. The maximum Gasteiger partial charge on any atom is 0.0866 e. The number of hydrogen-bond donors (Lipinski definition) is 0. The summed E-state index contributed by atoms with van der Waals surface area (Å²) >= 11 is 0. The molecule has 46 heavy (non-hydrogen) atoms. The van der Waals surface area contributed by atoms with Crippen LogP contribution >= 0.6 is 0 Å². The molecule has 0 N–H and O–H groups in total. The number of rotatable bonds is 18. The molecule has 242 valence electrons. The first-order valence-corrected chi connectivity index (χ1v) is 18.2. The average Bonchev–Trinajstić information content (AvgIpc) is 3.10. The highest BCUT2D eigenvalue weighted by atomic mass is 15.1. The fourth-order valence-corrected chi connectivity index (χ4v) is 6.48. The Hall–Kier alpha value is -3.78. The molecule has 0 spiro atoms. The van der Waals surface area contributed by atoms with Crippen LogP contribution in [0.15, 0.2) is 101 Å². The fourth-order valence-electron chi connectivity index (χ4n) is 6.48. The minimum atomic E-state index is 0.838. The van der Waals surface area contributed by atoms with E-state index in [0.29, 0.717) is 0 Å². The largest absolute Gasteiger partial charge is 0.155 e. The van der Waals surface area contributed by atoms with E-state index in [4.69, 9.17) is 10.2 Å². The van der Waals surface area contributed by atoms with E-state index in [0.717, 1.165) is 49.9 Å². The highest BCUT2D eigenvalue weighted by Gasteiger charge is 2.15. The van der Waals surface area contributed by atoms with Crippen molar-refractivity contribution in [2.24, 2.45) is 10.2 Å². The van der Waals surface area contributed by atoms with Crippen LogP contribution in [0, 0.1) is 0 Å². The molecule has 0 aromatic heterocycles. The van der Waals surface area contributed by atoms with Gasteiger partial charge < -0.3 is 0 Å². The Morgan fingerprint density at radius 3 is 1.85 bits per heavy atom. The molecular formula is C44H56N2. The molecule has 0 radical (unpaired) electrons. The lowest BCUT2D eigenvalue weighted by molar-refractivity contribution is 0.660. The number of benzene rings is 4. The van der Waals surface area contributed by atoms with Gasteiger partial charge in [0.25, 0.3) is 0 Å². The molecule has 0 bridgehead atoms. The number of aryl methyl sites for hydroxylation is 3. The molecule has 4 rings (SSSR count). The van der Waals surface area contributed by atoms with Gasteiger partial charge in [-0.05, 0) is 120 Å². The second kappa shape index (κ2) is 19.0. The van der Waals surface area contributed by atoms with E-state index in [1.165, 1.54) is 83.9 Å². The van der Waals surface area contributed by atoms with Gasteiger partial charge in [-0.1, -0.05) is 140 Å². The van der Waals surface area contributed by atoms with E-state index < -0.39 is 0 Å². The summed E-state index contributed by atoms with van der Waals surface area (Å²) in [7, 11) is 0. The van der Waals surface area contributed by atoms with Crippen molar-refractivity contribution >= 4 is 11.8 Å². The first kappa shape index (κ1) is 35.1. The molecule has 4 aromatic carbocycles. The minimum absolute atomic E-state index is 0.838. The number of azo groups is 1. The molecule has 0 unspecified atom stereocenters. The van der Waals surface area contributed by atoms with Crippen LogP contribution < -0.4 is 0 Å². The molecule has 0 fully saturated rings. The monoisotopic (exact) mass is 612 g/mol. The van der Waals surface area contributed by atoms with Crippen LogP contribution in [0.5, 0.6) is 0 Å². The summed E-state index contributed by atoms with van der Waals surface area (Å²) in [6.07, 6.45) is 17.6. The minimum Gasteiger partial charge on any atom is -0.155 e. The van der Waals surface area contributed by atoms with Gasteiger partial charge in [0.1, 0.15) is 0 Å². The second-order valence-corrected chi connectivity index (χ2v) is 12.6. The van der Waals surface area contributed by atoms with Crippen molar-refractivity contribution in [1.29, 1.82) is 0 Å². The standard InChI is InChI=1S/C44H56N2/c1-6-11-14-21-28-42-35(9-4)29-34(30-38(42)22-12-7-2)31-40(10-5)45-46-41-32-39(23-13-8-3)44(37-26-19-16-20-27-37)43(33-41)36-24-17-15-18-25-36/h15-20,24-27,29-33H,6-14,21-23,28H2,1-5H3. The van der Waals surface area contributed by atoms with Crippen LogP contribution in [0.2, 0.25) is 0 Å². The van der Waals surface area contributed by atoms with Crippen molar-refractivity contribution in [3.63, 3.8) is 0 Å². The Kier molecular flexibility index (Phi) is 14.5. The summed E-state index contributed by atoms with van der Waals surface area (Å²) < 4.78 is 0. The topological polar surface area (TPSA) is 24.7 Å². The van der Waals surface area contributed by atoms with Crippen molar-refractivity contribution in [3.8, 4) is 22.3 Å². The van der Waals surface area contributed by atoms with Gasteiger partial charge >= 0.3 is 0 Å². The predicted molar refractivity (Wildman–Crippen MR) is 201 cm³/mol. The van der Waals surface area contributed by atoms with Crippen LogP contribution in [0.3, 0.4) is 0 Å². The van der Waals surface area contributed by atoms with Crippen molar-refractivity contribution in [1.82, 2.24) is 0 Å². The summed E-state index contributed by atoms with van der Waals surface area (Å²) in [5.74, 6) is 0. The van der Waals surface area contributed by atoms with Crippen molar-refractivity contribution in [2.45, 2.75) is 118 Å². The Morgan fingerprint density at radius 2 is 1.22 bits per heavy atom. The third-order valence-electron chi connectivity index (χ3n) is 9.06. The smallest absolute Gasteiger partial charge is 0.0866 e. The van der Waals surface area contributed by atoms with Crippen molar-refractivity contribution in [3.05, 3.63) is 118 Å². The van der Waals surface area contributed by atoms with Crippen molar-refractivity contribution in [2.75, 3.05) is 0 Å². The SMILES string of the molecule is CCCCCCc1c(CC)cc(C=C(CC)N=Nc2cc(CCCC)c(-c3ccccc3)c(-c3ccccc3)c2)cc1CCCC. The quantitative estimate of drug-likeness (QED) is 0.0789. The summed E-state index contributed by atoms with van der Waals surface area (Å²) in [5.41, 5.74) is 14.2. The Balaban J connectivity index is 1.74. The first-order chi connectivity index (χ1) is 22.6. The van der Waals surface area contributed by atoms with Crippen LogP contribution in [0.1, 0.15) is 120 Å². The maximum atomic E-state index is 4.91. The third-order valence-corrected chi connectivity index (χ3v) is 9.06. The molecule has 0 saturated heterocycles. The summed E-state index contributed by atoms with van der Waals surface area (Å²) in [6.45, 7) is 11.3. The maximum absolute atomic E-state index is 4.91. The number of nitrogens with zero attached hydrogens (tertiary/aromatic N) is 2. The molecule has 0 saturated carbocycles. The molecule has 0 aliphatic carbocycles. The van der Waals surface area contributed by atoms with E-state index >= 15 is 0 Å². The van der Waals surface area contributed by atoms with Gasteiger partial charge in [0.2, 0.25) is 0 Å². The molecule has 0 aliphatic rings. The lowest BCUT2D eigenvalue weighted by atomic mass is 9.88.